The smallest absolute Gasteiger partial charge is 0.311 e. The van der Waals surface area contributed by atoms with Gasteiger partial charge in [-0.3, -0.25) is 14.4 Å². The molecule has 7 heteroatoms. The van der Waals surface area contributed by atoms with Gasteiger partial charge in [-0.15, -0.1) is 0 Å². The molecule has 1 heterocycles. The molecule has 0 radical (unpaired) electrons. The number of amides is 1. The minimum Gasteiger partial charge on any atom is -0.457 e. The zero-order chi connectivity index (χ0) is 18.7. The van der Waals surface area contributed by atoms with Gasteiger partial charge < -0.3 is 9.64 Å². The quantitative estimate of drug-likeness (QED) is 0.594. The molecule has 134 valence electrons. The van der Waals surface area contributed by atoms with Gasteiger partial charge in [0.15, 0.2) is 12.4 Å². The second-order valence-electron chi connectivity index (χ2n) is 5.92. The predicted molar refractivity (Wildman–Crippen MR) is 93.6 cm³/mol. The summed E-state index contributed by atoms with van der Waals surface area (Å²) in [6, 6.07) is 11.7. The Kier molecular flexibility index (Phi) is 5.32. The van der Waals surface area contributed by atoms with Crippen molar-refractivity contribution in [2.45, 2.75) is 6.42 Å². The van der Waals surface area contributed by atoms with Crippen molar-refractivity contribution in [3.05, 3.63) is 64.9 Å². The Balaban J connectivity index is 1.57. The predicted octanol–water partition coefficient (Wildman–Crippen LogP) is 3.26. The number of carbonyl (C=O) groups excluding carboxylic acids is 3. The van der Waals surface area contributed by atoms with E-state index in [1.807, 2.05) is 0 Å². The molecule has 1 fully saturated rings. The van der Waals surface area contributed by atoms with Gasteiger partial charge in [-0.2, -0.15) is 0 Å². The van der Waals surface area contributed by atoms with Crippen LogP contribution in [0.1, 0.15) is 16.8 Å². The van der Waals surface area contributed by atoms with Crippen LogP contribution in [0, 0.1) is 11.7 Å². The average molecular weight is 376 g/mol. The third kappa shape index (κ3) is 4.08. The van der Waals surface area contributed by atoms with Crippen LogP contribution in [-0.2, 0) is 14.3 Å². The molecule has 2 aromatic carbocycles. The summed E-state index contributed by atoms with van der Waals surface area (Å²) in [5.41, 5.74) is 0.904. The summed E-state index contributed by atoms with van der Waals surface area (Å²) < 4.78 is 18.1. The molecule has 0 spiro atoms. The number of carbonyl (C=O) groups is 3. The van der Waals surface area contributed by atoms with Crippen molar-refractivity contribution in [3.63, 3.8) is 0 Å². The summed E-state index contributed by atoms with van der Waals surface area (Å²) in [6.45, 7) is -0.264. The number of ketones is 1. The number of hydrogen-bond acceptors (Lipinski definition) is 4. The molecule has 0 saturated carbocycles. The largest absolute Gasteiger partial charge is 0.457 e. The SMILES string of the molecule is O=C(COC(=O)[C@@H]1CC(=O)N(c2ccc(F)cc2)C1)c1ccc(Cl)cc1. The first-order valence-corrected chi connectivity index (χ1v) is 8.33. The fourth-order valence-corrected chi connectivity index (χ4v) is 2.84. The maximum Gasteiger partial charge on any atom is 0.311 e. The molecule has 2 aromatic rings. The van der Waals surface area contributed by atoms with E-state index >= 15 is 0 Å². The molecular formula is C19H15ClFNO4. The summed E-state index contributed by atoms with van der Waals surface area (Å²) in [7, 11) is 0. The molecule has 0 bridgehead atoms. The summed E-state index contributed by atoms with van der Waals surface area (Å²) in [5.74, 6) is -2.27. The Labute approximate surface area is 154 Å². The lowest BCUT2D eigenvalue weighted by atomic mass is 10.1. The van der Waals surface area contributed by atoms with Crippen molar-refractivity contribution in [1.29, 1.82) is 0 Å². The number of benzene rings is 2. The topological polar surface area (TPSA) is 63.7 Å². The van der Waals surface area contributed by atoms with Crippen LogP contribution in [0.25, 0.3) is 0 Å². The Hall–Kier alpha value is -2.73. The van der Waals surface area contributed by atoms with Crippen molar-refractivity contribution >= 4 is 34.9 Å². The number of hydrogen-bond donors (Lipinski definition) is 0. The summed E-state index contributed by atoms with van der Waals surface area (Å²) in [5, 5.41) is 0.504. The maximum atomic E-state index is 13.0. The molecule has 0 aliphatic carbocycles. The molecule has 26 heavy (non-hydrogen) atoms. The fourth-order valence-electron chi connectivity index (χ4n) is 2.71. The molecule has 0 N–H and O–H groups in total. The van der Waals surface area contributed by atoms with Crippen LogP contribution in [0.2, 0.25) is 5.02 Å². The zero-order valence-corrected chi connectivity index (χ0v) is 14.4. The van der Waals surface area contributed by atoms with Crippen LogP contribution in [0.15, 0.2) is 48.5 Å². The lowest BCUT2D eigenvalue weighted by molar-refractivity contribution is -0.147. The molecule has 1 amide bonds. The highest BCUT2D eigenvalue weighted by Gasteiger charge is 2.36. The van der Waals surface area contributed by atoms with E-state index in [1.54, 1.807) is 24.3 Å². The Morgan fingerprint density at radius 2 is 1.77 bits per heavy atom. The number of esters is 1. The minimum atomic E-state index is -0.662. The van der Waals surface area contributed by atoms with Crippen LogP contribution in [-0.4, -0.2) is 30.8 Å². The molecule has 1 saturated heterocycles. The lowest BCUT2D eigenvalue weighted by Crippen LogP contribution is -2.27. The van der Waals surface area contributed by atoms with Crippen molar-refractivity contribution in [3.8, 4) is 0 Å². The van der Waals surface area contributed by atoms with E-state index in [9.17, 15) is 18.8 Å². The number of anilines is 1. The zero-order valence-electron chi connectivity index (χ0n) is 13.7. The highest BCUT2D eigenvalue weighted by Crippen LogP contribution is 2.26. The Bertz CT molecular complexity index is 836. The second-order valence-corrected chi connectivity index (χ2v) is 6.36. The average Bonchev–Trinajstić information content (AvgIpc) is 3.02. The maximum absolute atomic E-state index is 13.0. The van der Waals surface area contributed by atoms with Crippen LogP contribution >= 0.6 is 11.6 Å². The third-order valence-corrected chi connectivity index (χ3v) is 4.36. The van der Waals surface area contributed by atoms with Gasteiger partial charge in [0.2, 0.25) is 5.91 Å². The van der Waals surface area contributed by atoms with Gasteiger partial charge in [-0.1, -0.05) is 11.6 Å². The van der Waals surface area contributed by atoms with Gasteiger partial charge in [-0.05, 0) is 48.5 Å². The van der Waals surface area contributed by atoms with Crippen molar-refractivity contribution in [2.24, 2.45) is 5.92 Å². The van der Waals surface area contributed by atoms with E-state index in [0.29, 0.717) is 16.3 Å². The van der Waals surface area contributed by atoms with Gasteiger partial charge in [0.05, 0.1) is 5.92 Å². The van der Waals surface area contributed by atoms with Gasteiger partial charge in [0.1, 0.15) is 5.82 Å². The summed E-state index contributed by atoms with van der Waals surface area (Å²) >= 11 is 5.76. The number of rotatable bonds is 5. The van der Waals surface area contributed by atoms with Crippen LogP contribution in [0.4, 0.5) is 10.1 Å². The van der Waals surface area contributed by atoms with Crippen LogP contribution in [0.5, 0.6) is 0 Å². The van der Waals surface area contributed by atoms with Gasteiger partial charge in [0, 0.05) is 29.2 Å². The molecule has 0 aromatic heterocycles. The van der Waals surface area contributed by atoms with E-state index in [0.717, 1.165) is 0 Å². The van der Waals surface area contributed by atoms with E-state index in [1.165, 1.54) is 29.2 Å². The van der Waals surface area contributed by atoms with Gasteiger partial charge in [0.25, 0.3) is 0 Å². The van der Waals surface area contributed by atoms with Gasteiger partial charge >= 0.3 is 5.97 Å². The third-order valence-electron chi connectivity index (χ3n) is 4.11. The van der Waals surface area contributed by atoms with E-state index in [4.69, 9.17) is 16.3 Å². The van der Waals surface area contributed by atoms with E-state index in [2.05, 4.69) is 0 Å². The minimum absolute atomic E-state index is 0.00859. The molecule has 5 nitrogen and oxygen atoms in total. The highest BCUT2D eigenvalue weighted by molar-refractivity contribution is 6.30. The standard InChI is InChI=1S/C19H15ClFNO4/c20-14-3-1-12(2-4-14)17(23)11-26-19(25)13-9-18(24)22(10-13)16-7-5-15(21)6-8-16/h1-8,13H,9-11H2/t13-/m1/s1. The number of ether oxygens (including phenoxy) is 1. The van der Waals surface area contributed by atoms with Crippen LogP contribution < -0.4 is 4.90 Å². The van der Waals surface area contributed by atoms with E-state index < -0.39 is 24.3 Å². The normalized spacial score (nSPS) is 16.6. The van der Waals surface area contributed by atoms with Crippen molar-refractivity contribution < 1.29 is 23.5 Å². The summed E-state index contributed by atoms with van der Waals surface area (Å²) in [4.78, 5) is 37.7. The molecule has 3 rings (SSSR count). The fraction of sp³-hybridized carbons (Fsp3) is 0.211. The highest BCUT2D eigenvalue weighted by atomic mass is 35.5. The molecular weight excluding hydrogens is 361 g/mol. The number of nitrogens with zero attached hydrogens (tertiary/aromatic N) is 1. The number of Topliss-reactive ketones (excluding diaryl/α,β-unsaturated/α-hetero) is 1. The monoisotopic (exact) mass is 375 g/mol. The molecule has 1 aliphatic heterocycles. The lowest BCUT2D eigenvalue weighted by Gasteiger charge is -2.16. The van der Waals surface area contributed by atoms with E-state index in [-0.39, 0.29) is 24.7 Å². The summed E-state index contributed by atoms with van der Waals surface area (Å²) in [6.07, 6.45) is -0.00859. The first-order chi connectivity index (χ1) is 12.4. The molecule has 1 atom stereocenters. The molecule has 1 aliphatic rings. The Morgan fingerprint density at radius 3 is 2.42 bits per heavy atom. The first kappa shape index (κ1) is 18.1. The first-order valence-electron chi connectivity index (χ1n) is 7.95. The molecule has 0 unspecified atom stereocenters. The van der Waals surface area contributed by atoms with Crippen molar-refractivity contribution in [1.82, 2.24) is 0 Å². The number of halogens is 2. The Morgan fingerprint density at radius 1 is 1.12 bits per heavy atom. The van der Waals surface area contributed by atoms with Crippen molar-refractivity contribution in [2.75, 3.05) is 18.1 Å². The van der Waals surface area contributed by atoms with Gasteiger partial charge in [-0.25, -0.2) is 4.39 Å². The second kappa shape index (κ2) is 7.66. The van der Waals surface area contributed by atoms with Crippen LogP contribution in [0.3, 0.4) is 0 Å².